The summed E-state index contributed by atoms with van der Waals surface area (Å²) in [5, 5.41) is 4.18. The van der Waals surface area contributed by atoms with Crippen molar-refractivity contribution < 1.29 is 4.42 Å². The number of hydrogen-bond acceptors (Lipinski definition) is 2. The highest BCUT2D eigenvalue weighted by Crippen LogP contribution is 2.34. The van der Waals surface area contributed by atoms with Gasteiger partial charge in [-0.25, -0.2) is 0 Å². The van der Waals surface area contributed by atoms with Crippen LogP contribution in [0.4, 0.5) is 0 Å². The fourth-order valence-electron chi connectivity index (χ4n) is 1.88. The first kappa shape index (κ1) is 15.1. The first-order chi connectivity index (χ1) is 9.13. The van der Waals surface area contributed by atoms with Crippen molar-refractivity contribution in [2.45, 2.75) is 19.4 Å². The average molecular weight is 408 g/mol. The van der Waals surface area contributed by atoms with Gasteiger partial charge in [0.15, 0.2) is 4.67 Å². The Morgan fingerprint density at radius 3 is 2.68 bits per heavy atom. The van der Waals surface area contributed by atoms with Crippen LogP contribution in [0.15, 0.2) is 43.9 Å². The van der Waals surface area contributed by atoms with Gasteiger partial charge in [-0.15, -0.1) is 0 Å². The van der Waals surface area contributed by atoms with E-state index in [0.29, 0.717) is 5.02 Å². The van der Waals surface area contributed by atoms with Gasteiger partial charge in [-0.3, -0.25) is 0 Å². The second-order valence-electron chi connectivity index (χ2n) is 4.17. The highest BCUT2D eigenvalue weighted by molar-refractivity contribution is 9.10. The lowest BCUT2D eigenvalue weighted by Gasteiger charge is -2.18. The molecule has 2 aromatic rings. The van der Waals surface area contributed by atoms with Crippen molar-refractivity contribution in [1.29, 1.82) is 0 Å². The molecule has 2 rings (SSSR count). The second-order valence-corrected chi connectivity index (χ2v) is 6.19. The summed E-state index contributed by atoms with van der Waals surface area (Å²) in [7, 11) is 0. The number of halogens is 3. The van der Waals surface area contributed by atoms with Gasteiger partial charge in [-0.05, 0) is 68.6 Å². The first-order valence-electron chi connectivity index (χ1n) is 6.06. The molecule has 0 saturated carbocycles. The highest BCUT2D eigenvalue weighted by atomic mass is 79.9. The first-order valence-corrected chi connectivity index (χ1v) is 8.02. The van der Waals surface area contributed by atoms with Gasteiger partial charge in [0.1, 0.15) is 5.76 Å². The third kappa shape index (κ3) is 3.63. The van der Waals surface area contributed by atoms with E-state index in [1.807, 2.05) is 30.3 Å². The van der Waals surface area contributed by atoms with Gasteiger partial charge in [0.05, 0.1) is 11.1 Å². The van der Waals surface area contributed by atoms with Crippen molar-refractivity contribution in [2.24, 2.45) is 0 Å². The molecule has 1 unspecified atom stereocenters. The van der Waals surface area contributed by atoms with Crippen LogP contribution in [0.3, 0.4) is 0 Å². The average Bonchev–Trinajstić information content (AvgIpc) is 2.81. The summed E-state index contributed by atoms with van der Waals surface area (Å²) in [5.74, 6) is 0.848. The van der Waals surface area contributed by atoms with Crippen molar-refractivity contribution in [1.82, 2.24) is 5.32 Å². The highest BCUT2D eigenvalue weighted by Gasteiger charge is 2.20. The number of furan rings is 1. The standard InChI is InChI=1S/C14H14Br2ClNO/c1-2-8-18-14(11-6-7-12(16)19-11)9-4-3-5-10(15)13(9)17/h3-7,14,18H,2,8H2,1H3. The molecule has 1 aromatic carbocycles. The van der Waals surface area contributed by atoms with Crippen molar-refractivity contribution >= 4 is 43.5 Å². The molecule has 1 atom stereocenters. The van der Waals surface area contributed by atoms with Gasteiger partial charge in [0.25, 0.3) is 0 Å². The Bertz CT molecular complexity index is 556. The van der Waals surface area contributed by atoms with E-state index in [1.54, 1.807) is 0 Å². The van der Waals surface area contributed by atoms with E-state index < -0.39 is 0 Å². The number of nitrogens with one attached hydrogen (secondary N) is 1. The molecule has 1 N–H and O–H groups in total. The summed E-state index contributed by atoms with van der Waals surface area (Å²) in [6.45, 7) is 3.02. The van der Waals surface area contributed by atoms with Crippen molar-refractivity contribution in [3.05, 3.63) is 55.8 Å². The van der Waals surface area contributed by atoms with E-state index in [-0.39, 0.29) is 6.04 Å². The van der Waals surface area contributed by atoms with Gasteiger partial charge < -0.3 is 9.73 Å². The maximum atomic E-state index is 6.38. The summed E-state index contributed by atoms with van der Waals surface area (Å²) in [6, 6.07) is 9.72. The molecule has 5 heteroatoms. The van der Waals surface area contributed by atoms with Crippen molar-refractivity contribution in [3.8, 4) is 0 Å². The molecular formula is C14H14Br2ClNO. The van der Waals surface area contributed by atoms with Gasteiger partial charge in [-0.1, -0.05) is 30.7 Å². The number of rotatable bonds is 5. The summed E-state index contributed by atoms with van der Waals surface area (Å²) in [5.41, 5.74) is 1.01. The summed E-state index contributed by atoms with van der Waals surface area (Å²) in [4.78, 5) is 0. The smallest absolute Gasteiger partial charge is 0.169 e. The lowest BCUT2D eigenvalue weighted by atomic mass is 10.0. The molecule has 1 heterocycles. The van der Waals surface area contributed by atoms with E-state index in [9.17, 15) is 0 Å². The summed E-state index contributed by atoms with van der Waals surface area (Å²) in [6.07, 6.45) is 1.05. The normalized spacial score (nSPS) is 12.6. The lowest BCUT2D eigenvalue weighted by Crippen LogP contribution is -2.23. The Labute approximate surface area is 134 Å². The second kappa shape index (κ2) is 6.93. The van der Waals surface area contributed by atoms with Crippen LogP contribution in [0.5, 0.6) is 0 Å². The molecule has 0 aliphatic carbocycles. The van der Waals surface area contributed by atoms with Gasteiger partial charge in [0, 0.05) is 4.47 Å². The molecule has 1 aromatic heterocycles. The SMILES string of the molecule is CCCNC(c1ccc(Br)o1)c1cccc(Br)c1Cl. The monoisotopic (exact) mass is 405 g/mol. The molecule has 0 fully saturated rings. The molecule has 0 bridgehead atoms. The zero-order valence-corrected chi connectivity index (χ0v) is 14.3. The molecule has 0 aliphatic rings. The van der Waals surface area contributed by atoms with Crippen LogP contribution in [0.2, 0.25) is 5.02 Å². The molecule has 19 heavy (non-hydrogen) atoms. The molecule has 0 amide bonds. The van der Waals surface area contributed by atoms with E-state index in [0.717, 1.165) is 33.4 Å². The predicted octanol–water partition coefficient (Wildman–Crippen LogP) is 5.55. The van der Waals surface area contributed by atoms with E-state index in [1.165, 1.54) is 0 Å². The van der Waals surface area contributed by atoms with E-state index in [2.05, 4.69) is 44.1 Å². The predicted molar refractivity (Wildman–Crippen MR) is 85.7 cm³/mol. The van der Waals surface area contributed by atoms with Crippen LogP contribution >= 0.6 is 43.5 Å². The lowest BCUT2D eigenvalue weighted by molar-refractivity contribution is 0.433. The molecular weight excluding hydrogens is 393 g/mol. The maximum absolute atomic E-state index is 6.38. The third-order valence-electron chi connectivity index (χ3n) is 2.77. The van der Waals surface area contributed by atoms with E-state index >= 15 is 0 Å². The van der Waals surface area contributed by atoms with Crippen molar-refractivity contribution in [2.75, 3.05) is 6.54 Å². The van der Waals surface area contributed by atoms with Gasteiger partial charge >= 0.3 is 0 Å². The van der Waals surface area contributed by atoms with Crippen molar-refractivity contribution in [3.63, 3.8) is 0 Å². The van der Waals surface area contributed by atoms with Crippen LogP contribution in [0.25, 0.3) is 0 Å². The van der Waals surface area contributed by atoms with Crippen LogP contribution < -0.4 is 5.32 Å². The van der Waals surface area contributed by atoms with E-state index in [4.69, 9.17) is 16.0 Å². The molecule has 0 spiro atoms. The van der Waals surface area contributed by atoms with Gasteiger partial charge in [-0.2, -0.15) is 0 Å². The molecule has 0 radical (unpaired) electrons. The largest absolute Gasteiger partial charge is 0.452 e. The molecule has 0 aliphatic heterocycles. The molecule has 102 valence electrons. The number of benzene rings is 1. The molecule has 2 nitrogen and oxygen atoms in total. The minimum atomic E-state index is -0.0451. The van der Waals surface area contributed by atoms with Crippen LogP contribution in [-0.2, 0) is 0 Å². The Hall–Kier alpha value is -0.290. The summed E-state index contributed by atoms with van der Waals surface area (Å²) >= 11 is 13.2. The maximum Gasteiger partial charge on any atom is 0.169 e. The Morgan fingerprint density at radius 1 is 1.26 bits per heavy atom. The van der Waals surface area contributed by atoms with Gasteiger partial charge in [0.2, 0.25) is 0 Å². The Kier molecular flexibility index (Phi) is 5.51. The molecule has 0 saturated heterocycles. The Morgan fingerprint density at radius 2 is 2.05 bits per heavy atom. The fraction of sp³-hybridized carbons (Fsp3) is 0.286. The minimum Gasteiger partial charge on any atom is -0.452 e. The number of hydrogen-bond donors (Lipinski definition) is 1. The topological polar surface area (TPSA) is 25.2 Å². The van der Waals surface area contributed by atoms with Crippen LogP contribution in [0, 0.1) is 0 Å². The zero-order chi connectivity index (χ0) is 13.8. The quantitative estimate of drug-likeness (QED) is 0.703. The fourth-order valence-corrected chi connectivity index (χ4v) is 2.82. The summed E-state index contributed by atoms with van der Waals surface area (Å²) < 4.78 is 7.28. The Balaban J connectivity index is 2.39. The third-order valence-corrected chi connectivity index (χ3v) is 4.51. The minimum absolute atomic E-state index is 0.0451. The zero-order valence-electron chi connectivity index (χ0n) is 10.4. The van der Waals surface area contributed by atoms with Crippen LogP contribution in [-0.4, -0.2) is 6.54 Å². The van der Waals surface area contributed by atoms with Crippen LogP contribution in [0.1, 0.15) is 30.7 Å².